The molecule has 0 bridgehead atoms. The highest BCUT2D eigenvalue weighted by molar-refractivity contribution is 9.09. The van der Waals surface area contributed by atoms with Gasteiger partial charge < -0.3 is 0 Å². The normalized spacial score (nSPS) is 17.4. The molecule has 0 radical (unpaired) electrons. The second kappa shape index (κ2) is 3.93. The fourth-order valence-corrected chi connectivity index (χ4v) is 2.65. The van der Waals surface area contributed by atoms with Gasteiger partial charge in [0.1, 0.15) is 0 Å². The van der Waals surface area contributed by atoms with Crippen LogP contribution in [-0.4, -0.2) is 10.3 Å². The molecule has 0 amide bonds. The second-order valence-corrected chi connectivity index (χ2v) is 6.38. The van der Waals surface area contributed by atoms with Gasteiger partial charge in [-0.05, 0) is 24.7 Å². The highest BCUT2D eigenvalue weighted by Crippen LogP contribution is 2.41. The lowest BCUT2D eigenvalue weighted by molar-refractivity contribution is 0.420. The number of rotatable bonds is 4. The van der Waals surface area contributed by atoms with Crippen molar-refractivity contribution in [3.8, 4) is 0 Å². The molecular formula is C11H16BrNS. The summed E-state index contributed by atoms with van der Waals surface area (Å²) >= 11 is 5.40. The highest BCUT2D eigenvalue weighted by Gasteiger charge is 2.27. The van der Waals surface area contributed by atoms with Crippen LogP contribution in [0.1, 0.15) is 43.3 Å². The third-order valence-electron chi connectivity index (χ3n) is 2.52. The number of aromatic nitrogens is 1. The highest BCUT2D eigenvalue weighted by atomic mass is 79.9. The number of halogens is 1. The van der Waals surface area contributed by atoms with Crippen molar-refractivity contribution in [2.75, 3.05) is 5.33 Å². The number of hydrogen-bond acceptors (Lipinski definition) is 2. The van der Waals surface area contributed by atoms with Gasteiger partial charge in [0.05, 0.1) is 10.7 Å². The summed E-state index contributed by atoms with van der Waals surface area (Å²) in [6, 6.07) is 0. The Hall–Kier alpha value is 0.110. The van der Waals surface area contributed by atoms with Gasteiger partial charge in [0, 0.05) is 16.6 Å². The Morgan fingerprint density at radius 3 is 2.86 bits per heavy atom. The van der Waals surface area contributed by atoms with Gasteiger partial charge in [0.2, 0.25) is 0 Å². The van der Waals surface area contributed by atoms with Gasteiger partial charge in [-0.3, -0.25) is 0 Å². The first-order valence-electron chi connectivity index (χ1n) is 5.11. The van der Waals surface area contributed by atoms with Crippen molar-refractivity contribution in [1.29, 1.82) is 0 Å². The van der Waals surface area contributed by atoms with Crippen LogP contribution in [0.3, 0.4) is 0 Å². The molecule has 2 rings (SSSR count). The molecule has 1 aliphatic carbocycles. The van der Waals surface area contributed by atoms with Crippen molar-refractivity contribution in [3.63, 3.8) is 0 Å². The lowest BCUT2D eigenvalue weighted by atomic mass is 9.91. The summed E-state index contributed by atoms with van der Waals surface area (Å²) in [4.78, 5) is 4.70. The van der Waals surface area contributed by atoms with Crippen LogP contribution in [0.25, 0.3) is 0 Å². The van der Waals surface area contributed by atoms with Crippen molar-refractivity contribution in [2.24, 2.45) is 5.41 Å². The monoisotopic (exact) mass is 273 g/mol. The summed E-state index contributed by atoms with van der Waals surface area (Å²) < 4.78 is 0. The molecule has 1 aliphatic rings. The van der Waals surface area contributed by atoms with Crippen LogP contribution >= 0.6 is 27.3 Å². The van der Waals surface area contributed by atoms with E-state index in [1.54, 1.807) is 0 Å². The maximum absolute atomic E-state index is 4.70. The number of nitrogens with zero attached hydrogens (tertiary/aromatic N) is 1. The molecule has 1 nitrogen and oxygen atoms in total. The zero-order valence-corrected chi connectivity index (χ0v) is 11.1. The fraction of sp³-hybridized carbons (Fsp3) is 0.727. The van der Waals surface area contributed by atoms with Crippen LogP contribution in [0, 0.1) is 5.41 Å². The van der Waals surface area contributed by atoms with Gasteiger partial charge in [0.25, 0.3) is 0 Å². The molecule has 1 saturated carbocycles. The smallest absolute Gasteiger partial charge is 0.0959 e. The van der Waals surface area contributed by atoms with E-state index < -0.39 is 0 Å². The molecule has 0 spiro atoms. The number of thiazole rings is 1. The van der Waals surface area contributed by atoms with Gasteiger partial charge in [0.15, 0.2) is 0 Å². The van der Waals surface area contributed by atoms with E-state index in [1.165, 1.54) is 23.5 Å². The molecule has 78 valence electrons. The molecule has 3 heteroatoms. The summed E-state index contributed by atoms with van der Waals surface area (Å²) in [5.74, 6) is 0.806. The standard InChI is InChI=1S/C11H16BrNS/c1-11(2,7-12)5-9-6-14-10(13-9)8-3-4-8/h6,8H,3-5,7H2,1-2H3. The molecule has 0 N–H and O–H groups in total. The van der Waals surface area contributed by atoms with E-state index in [2.05, 4.69) is 35.2 Å². The Bertz CT molecular complexity index is 315. The van der Waals surface area contributed by atoms with E-state index in [4.69, 9.17) is 4.98 Å². The SMILES string of the molecule is CC(C)(CBr)Cc1csc(C2CC2)n1. The number of alkyl halides is 1. The van der Waals surface area contributed by atoms with Crippen LogP contribution in [0.5, 0.6) is 0 Å². The third-order valence-corrected chi connectivity index (χ3v) is 5.09. The minimum Gasteiger partial charge on any atom is -0.246 e. The quantitative estimate of drug-likeness (QED) is 0.757. The Morgan fingerprint density at radius 2 is 2.29 bits per heavy atom. The molecule has 1 heterocycles. The van der Waals surface area contributed by atoms with Crippen molar-refractivity contribution in [2.45, 2.75) is 39.0 Å². The van der Waals surface area contributed by atoms with E-state index in [0.717, 1.165) is 17.7 Å². The first kappa shape index (κ1) is 10.6. The molecule has 1 fully saturated rings. The molecule has 0 atom stereocenters. The van der Waals surface area contributed by atoms with Gasteiger partial charge >= 0.3 is 0 Å². The second-order valence-electron chi connectivity index (χ2n) is 4.93. The summed E-state index contributed by atoms with van der Waals surface area (Å²) in [7, 11) is 0. The summed E-state index contributed by atoms with van der Waals surface area (Å²) in [6.07, 6.45) is 3.80. The molecule has 1 aromatic rings. The fourth-order valence-electron chi connectivity index (χ4n) is 1.46. The third kappa shape index (κ3) is 2.57. The van der Waals surface area contributed by atoms with Gasteiger partial charge in [-0.15, -0.1) is 11.3 Å². The predicted octanol–water partition coefficient (Wildman–Crippen LogP) is 3.98. The van der Waals surface area contributed by atoms with Gasteiger partial charge in [-0.1, -0.05) is 29.8 Å². The zero-order valence-electron chi connectivity index (χ0n) is 8.72. The largest absolute Gasteiger partial charge is 0.246 e. The van der Waals surface area contributed by atoms with Crippen LogP contribution in [0.2, 0.25) is 0 Å². The Balaban J connectivity index is 2.02. The maximum Gasteiger partial charge on any atom is 0.0959 e. The Labute approximate surface area is 98.1 Å². The Kier molecular flexibility index (Phi) is 2.98. The van der Waals surface area contributed by atoms with Crippen LogP contribution in [-0.2, 0) is 6.42 Å². The molecule has 0 unspecified atom stereocenters. The van der Waals surface area contributed by atoms with Gasteiger partial charge in [-0.25, -0.2) is 4.98 Å². The van der Waals surface area contributed by atoms with E-state index in [-0.39, 0.29) is 0 Å². The van der Waals surface area contributed by atoms with Gasteiger partial charge in [-0.2, -0.15) is 0 Å². The number of hydrogen-bond donors (Lipinski definition) is 0. The van der Waals surface area contributed by atoms with Crippen molar-refractivity contribution in [3.05, 3.63) is 16.1 Å². The van der Waals surface area contributed by atoms with Crippen LogP contribution < -0.4 is 0 Å². The average molecular weight is 274 g/mol. The predicted molar refractivity (Wildman–Crippen MR) is 65.4 cm³/mol. The first-order chi connectivity index (χ1) is 6.61. The molecular weight excluding hydrogens is 258 g/mol. The minimum atomic E-state index is 0.328. The summed E-state index contributed by atoms with van der Waals surface area (Å²) in [6.45, 7) is 4.55. The van der Waals surface area contributed by atoms with E-state index >= 15 is 0 Å². The van der Waals surface area contributed by atoms with Crippen molar-refractivity contribution in [1.82, 2.24) is 4.98 Å². The summed E-state index contributed by atoms with van der Waals surface area (Å²) in [5, 5.41) is 4.64. The average Bonchev–Trinajstić information content (AvgIpc) is 2.89. The summed E-state index contributed by atoms with van der Waals surface area (Å²) in [5.41, 5.74) is 1.61. The Morgan fingerprint density at radius 1 is 1.57 bits per heavy atom. The molecule has 1 aromatic heterocycles. The first-order valence-corrected chi connectivity index (χ1v) is 7.11. The zero-order chi connectivity index (χ0) is 10.2. The van der Waals surface area contributed by atoms with Crippen LogP contribution in [0.4, 0.5) is 0 Å². The minimum absolute atomic E-state index is 0.328. The lowest BCUT2D eigenvalue weighted by Gasteiger charge is -2.19. The van der Waals surface area contributed by atoms with E-state index in [0.29, 0.717) is 5.41 Å². The van der Waals surface area contributed by atoms with Crippen molar-refractivity contribution < 1.29 is 0 Å². The lowest BCUT2D eigenvalue weighted by Crippen LogP contribution is -2.16. The topological polar surface area (TPSA) is 12.9 Å². The van der Waals surface area contributed by atoms with Crippen LogP contribution in [0.15, 0.2) is 5.38 Å². The van der Waals surface area contributed by atoms with E-state index in [9.17, 15) is 0 Å². The molecule has 0 saturated heterocycles. The molecule has 14 heavy (non-hydrogen) atoms. The molecule has 0 aromatic carbocycles. The maximum atomic E-state index is 4.70. The molecule has 0 aliphatic heterocycles. The van der Waals surface area contributed by atoms with Crippen molar-refractivity contribution >= 4 is 27.3 Å². The van der Waals surface area contributed by atoms with E-state index in [1.807, 2.05) is 11.3 Å².